The lowest BCUT2D eigenvalue weighted by Crippen LogP contribution is -2.17. The van der Waals surface area contributed by atoms with Gasteiger partial charge in [-0.05, 0) is 36.2 Å². The minimum atomic E-state index is -0.224. The summed E-state index contributed by atoms with van der Waals surface area (Å²) in [5.74, 6) is -0.224. The molecular formula is C15H16FN3. The first kappa shape index (κ1) is 13.3. The predicted octanol–water partition coefficient (Wildman–Crippen LogP) is 2.89. The first-order chi connectivity index (χ1) is 9.10. The smallest absolute Gasteiger partial charge is 0.123 e. The number of nitrogens with one attached hydrogen (secondary N) is 1. The van der Waals surface area contributed by atoms with Gasteiger partial charge in [0.2, 0.25) is 0 Å². The van der Waals surface area contributed by atoms with Crippen LogP contribution in [0, 0.1) is 17.1 Å². The quantitative estimate of drug-likeness (QED) is 0.915. The number of hydrogen-bond donors (Lipinski definition) is 1. The molecule has 3 nitrogen and oxygen atoms in total. The van der Waals surface area contributed by atoms with Crippen molar-refractivity contribution in [1.29, 1.82) is 5.26 Å². The summed E-state index contributed by atoms with van der Waals surface area (Å²) < 4.78 is 14.9. The van der Waals surface area contributed by atoms with Gasteiger partial charge < -0.3 is 9.88 Å². The average molecular weight is 257 g/mol. The van der Waals surface area contributed by atoms with E-state index in [-0.39, 0.29) is 11.9 Å². The van der Waals surface area contributed by atoms with Crippen molar-refractivity contribution in [3.05, 3.63) is 59.2 Å². The van der Waals surface area contributed by atoms with Crippen LogP contribution in [0.5, 0.6) is 0 Å². The van der Waals surface area contributed by atoms with Gasteiger partial charge in [-0.25, -0.2) is 4.39 Å². The number of aromatic nitrogens is 1. The second kappa shape index (κ2) is 5.68. The highest BCUT2D eigenvalue weighted by atomic mass is 19.1. The standard InChI is InChI=1S/C15H16FN3/c1-11(13-4-3-5-14(16)7-13)18-9-12-6-15(8-17)19(2)10-12/h3-7,10-11,18H,9H2,1-2H3/t11-/m1/s1. The molecule has 19 heavy (non-hydrogen) atoms. The molecule has 1 N–H and O–H groups in total. The molecule has 0 saturated carbocycles. The Morgan fingerprint density at radius 2 is 2.21 bits per heavy atom. The highest BCUT2D eigenvalue weighted by Crippen LogP contribution is 2.15. The summed E-state index contributed by atoms with van der Waals surface area (Å²) in [4.78, 5) is 0. The second-order valence-electron chi connectivity index (χ2n) is 4.61. The normalized spacial score (nSPS) is 12.1. The van der Waals surface area contributed by atoms with E-state index in [4.69, 9.17) is 5.26 Å². The molecule has 98 valence electrons. The van der Waals surface area contributed by atoms with Crippen LogP contribution in [0.1, 0.15) is 29.8 Å². The van der Waals surface area contributed by atoms with Crippen LogP contribution in [-0.2, 0) is 13.6 Å². The van der Waals surface area contributed by atoms with Crippen LogP contribution in [-0.4, -0.2) is 4.57 Å². The molecule has 0 aliphatic rings. The molecular weight excluding hydrogens is 241 g/mol. The Kier molecular flexibility index (Phi) is 3.98. The zero-order valence-electron chi connectivity index (χ0n) is 11.0. The minimum Gasteiger partial charge on any atom is -0.342 e. The van der Waals surface area contributed by atoms with E-state index in [2.05, 4.69) is 11.4 Å². The van der Waals surface area contributed by atoms with Gasteiger partial charge in [0.15, 0.2) is 0 Å². The summed E-state index contributed by atoms with van der Waals surface area (Å²) in [6, 6.07) is 10.6. The van der Waals surface area contributed by atoms with Gasteiger partial charge in [0.1, 0.15) is 17.6 Å². The molecule has 0 saturated heterocycles. The average Bonchev–Trinajstić information content (AvgIpc) is 2.76. The lowest BCUT2D eigenvalue weighted by atomic mass is 10.1. The van der Waals surface area contributed by atoms with E-state index in [1.807, 2.05) is 32.3 Å². The molecule has 0 aliphatic carbocycles. The minimum absolute atomic E-state index is 0.0569. The number of halogens is 1. The molecule has 2 aromatic rings. The molecule has 1 heterocycles. The maximum absolute atomic E-state index is 13.1. The molecule has 0 amide bonds. The number of nitriles is 1. The van der Waals surface area contributed by atoms with Gasteiger partial charge in [-0.3, -0.25) is 0 Å². The Bertz CT molecular complexity index is 610. The number of nitrogens with zero attached hydrogens (tertiary/aromatic N) is 2. The Morgan fingerprint density at radius 3 is 2.84 bits per heavy atom. The Hall–Kier alpha value is -2.12. The summed E-state index contributed by atoms with van der Waals surface area (Å²) in [6.07, 6.45) is 1.92. The fourth-order valence-corrected chi connectivity index (χ4v) is 2.01. The summed E-state index contributed by atoms with van der Waals surface area (Å²) in [7, 11) is 1.85. The lowest BCUT2D eigenvalue weighted by Gasteiger charge is -2.13. The van der Waals surface area contributed by atoms with Crippen LogP contribution in [0.15, 0.2) is 36.5 Å². The first-order valence-corrected chi connectivity index (χ1v) is 6.14. The number of aryl methyl sites for hydroxylation is 1. The third-order valence-corrected chi connectivity index (χ3v) is 3.14. The molecule has 0 bridgehead atoms. The summed E-state index contributed by atoms with van der Waals surface area (Å²) >= 11 is 0. The molecule has 0 unspecified atom stereocenters. The summed E-state index contributed by atoms with van der Waals surface area (Å²) in [6.45, 7) is 2.64. The summed E-state index contributed by atoms with van der Waals surface area (Å²) in [5, 5.41) is 12.2. The SMILES string of the molecule is C[C@@H](NCc1cc(C#N)n(C)c1)c1cccc(F)c1. The van der Waals surface area contributed by atoms with Crippen LogP contribution in [0.25, 0.3) is 0 Å². The van der Waals surface area contributed by atoms with Crippen LogP contribution >= 0.6 is 0 Å². The van der Waals surface area contributed by atoms with E-state index in [1.165, 1.54) is 12.1 Å². The van der Waals surface area contributed by atoms with Gasteiger partial charge in [0, 0.05) is 25.8 Å². The van der Waals surface area contributed by atoms with E-state index in [9.17, 15) is 4.39 Å². The van der Waals surface area contributed by atoms with Crippen molar-refractivity contribution >= 4 is 0 Å². The van der Waals surface area contributed by atoms with Gasteiger partial charge in [0.25, 0.3) is 0 Å². The number of hydrogen-bond acceptors (Lipinski definition) is 2. The highest BCUT2D eigenvalue weighted by molar-refractivity contribution is 5.28. The Labute approximate surface area is 112 Å². The zero-order chi connectivity index (χ0) is 13.8. The van der Waals surface area contributed by atoms with Crippen LogP contribution in [0.2, 0.25) is 0 Å². The van der Waals surface area contributed by atoms with E-state index < -0.39 is 0 Å². The molecule has 2 rings (SSSR count). The molecule has 0 radical (unpaired) electrons. The van der Waals surface area contributed by atoms with Crippen LogP contribution in [0.4, 0.5) is 4.39 Å². The maximum Gasteiger partial charge on any atom is 0.123 e. The van der Waals surface area contributed by atoms with E-state index in [1.54, 1.807) is 10.6 Å². The largest absolute Gasteiger partial charge is 0.342 e. The molecule has 4 heteroatoms. The topological polar surface area (TPSA) is 40.8 Å². The summed E-state index contributed by atoms with van der Waals surface area (Å²) in [5.41, 5.74) is 2.59. The fraction of sp³-hybridized carbons (Fsp3) is 0.267. The van der Waals surface area contributed by atoms with E-state index >= 15 is 0 Å². The fourth-order valence-electron chi connectivity index (χ4n) is 2.01. The third kappa shape index (κ3) is 3.21. The molecule has 1 aromatic heterocycles. The van der Waals surface area contributed by atoms with Gasteiger partial charge in [-0.1, -0.05) is 12.1 Å². The number of rotatable bonds is 4. The van der Waals surface area contributed by atoms with Gasteiger partial charge in [0.05, 0.1) is 0 Å². The second-order valence-corrected chi connectivity index (χ2v) is 4.61. The third-order valence-electron chi connectivity index (χ3n) is 3.14. The molecule has 1 aromatic carbocycles. The van der Waals surface area contributed by atoms with Crippen molar-refractivity contribution in [1.82, 2.24) is 9.88 Å². The molecule has 0 fully saturated rings. The van der Waals surface area contributed by atoms with Gasteiger partial charge in [-0.15, -0.1) is 0 Å². The van der Waals surface area contributed by atoms with Crippen LogP contribution in [0.3, 0.4) is 0 Å². The van der Waals surface area contributed by atoms with Crippen molar-refractivity contribution in [2.24, 2.45) is 7.05 Å². The predicted molar refractivity (Wildman–Crippen MR) is 71.8 cm³/mol. The van der Waals surface area contributed by atoms with Crippen molar-refractivity contribution in [2.45, 2.75) is 19.5 Å². The van der Waals surface area contributed by atoms with Crippen molar-refractivity contribution in [3.63, 3.8) is 0 Å². The van der Waals surface area contributed by atoms with Crippen molar-refractivity contribution in [2.75, 3.05) is 0 Å². The van der Waals surface area contributed by atoms with E-state index in [0.717, 1.165) is 11.1 Å². The molecule has 0 aliphatic heterocycles. The van der Waals surface area contributed by atoms with Gasteiger partial charge >= 0.3 is 0 Å². The molecule has 0 spiro atoms. The van der Waals surface area contributed by atoms with Crippen molar-refractivity contribution in [3.8, 4) is 6.07 Å². The van der Waals surface area contributed by atoms with Crippen LogP contribution < -0.4 is 5.32 Å². The maximum atomic E-state index is 13.1. The molecule has 1 atom stereocenters. The lowest BCUT2D eigenvalue weighted by molar-refractivity contribution is 0.565. The monoisotopic (exact) mass is 257 g/mol. The zero-order valence-corrected chi connectivity index (χ0v) is 11.0. The Balaban J connectivity index is 2.00. The van der Waals surface area contributed by atoms with E-state index in [0.29, 0.717) is 12.2 Å². The first-order valence-electron chi connectivity index (χ1n) is 6.14. The number of benzene rings is 1. The highest BCUT2D eigenvalue weighted by Gasteiger charge is 2.07. The van der Waals surface area contributed by atoms with Crippen molar-refractivity contribution < 1.29 is 4.39 Å². The Morgan fingerprint density at radius 1 is 1.42 bits per heavy atom. The van der Waals surface area contributed by atoms with Gasteiger partial charge in [-0.2, -0.15) is 5.26 Å².